The number of fused-ring (bicyclic) bond motifs is 1. The molecule has 2 aromatic carbocycles. The summed E-state index contributed by atoms with van der Waals surface area (Å²) in [5.74, 6) is -0.315. The van der Waals surface area contributed by atoms with E-state index in [9.17, 15) is 18.3 Å². The number of anilines is 1. The van der Waals surface area contributed by atoms with Gasteiger partial charge < -0.3 is 14.7 Å². The molecule has 210 valence electrons. The van der Waals surface area contributed by atoms with Crippen LogP contribution in [0.4, 0.5) is 5.69 Å². The molecule has 8 nitrogen and oxygen atoms in total. The average molecular weight is 613 g/mol. The van der Waals surface area contributed by atoms with E-state index in [-0.39, 0.29) is 39.6 Å². The normalized spacial score (nSPS) is 18.7. The van der Waals surface area contributed by atoms with Crippen molar-refractivity contribution >= 4 is 56.2 Å². The number of aliphatic hydroxyl groups is 1. The highest BCUT2D eigenvalue weighted by Gasteiger charge is 2.35. The number of sulfonamides is 1. The van der Waals surface area contributed by atoms with E-state index in [4.69, 9.17) is 27.9 Å². The summed E-state index contributed by atoms with van der Waals surface area (Å²) in [6.07, 6.45) is -0.412. The maximum absolute atomic E-state index is 13.6. The zero-order valence-electron chi connectivity index (χ0n) is 21.8. The molecule has 2 heterocycles. The van der Waals surface area contributed by atoms with Crippen molar-refractivity contribution in [2.75, 3.05) is 31.5 Å². The maximum atomic E-state index is 13.6. The Morgan fingerprint density at radius 2 is 1.97 bits per heavy atom. The molecule has 39 heavy (non-hydrogen) atoms. The lowest BCUT2D eigenvalue weighted by molar-refractivity contribution is 0.0344. The first-order valence-electron chi connectivity index (χ1n) is 12.4. The van der Waals surface area contributed by atoms with Crippen molar-refractivity contribution < 1.29 is 23.1 Å². The molecule has 4 rings (SSSR count). The number of amides is 1. The highest BCUT2D eigenvalue weighted by atomic mass is 35.5. The van der Waals surface area contributed by atoms with Crippen LogP contribution in [-0.4, -0.2) is 68.1 Å². The van der Waals surface area contributed by atoms with Gasteiger partial charge in [0, 0.05) is 25.6 Å². The van der Waals surface area contributed by atoms with Crippen molar-refractivity contribution in [2.24, 2.45) is 5.92 Å². The number of rotatable bonds is 9. The number of hydrogen-bond donors (Lipinski definition) is 2. The van der Waals surface area contributed by atoms with Gasteiger partial charge in [-0.3, -0.25) is 14.4 Å². The number of hydrogen-bond acceptors (Lipinski definition) is 7. The van der Waals surface area contributed by atoms with Crippen LogP contribution in [0.3, 0.4) is 0 Å². The van der Waals surface area contributed by atoms with Crippen LogP contribution < -0.4 is 9.46 Å². The lowest BCUT2D eigenvalue weighted by atomic mass is 9.99. The fourth-order valence-electron chi connectivity index (χ4n) is 4.47. The molecule has 1 amide bonds. The number of benzene rings is 2. The lowest BCUT2D eigenvalue weighted by Gasteiger charge is -2.38. The summed E-state index contributed by atoms with van der Waals surface area (Å²) in [7, 11) is -1.94. The van der Waals surface area contributed by atoms with Crippen LogP contribution in [0.2, 0.25) is 10.0 Å². The number of nitrogens with one attached hydrogen (secondary N) is 1. The Morgan fingerprint density at radius 3 is 2.64 bits per heavy atom. The predicted octanol–water partition coefficient (Wildman–Crippen LogP) is 5.21. The number of aliphatic hydroxyl groups excluding tert-OH is 1. The molecule has 3 aromatic rings. The fourth-order valence-corrected chi connectivity index (χ4v) is 6.85. The fraction of sp³-hybridized carbons (Fsp3) is 0.370. The first kappa shape index (κ1) is 29.6. The van der Waals surface area contributed by atoms with Crippen molar-refractivity contribution in [1.29, 1.82) is 0 Å². The summed E-state index contributed by atoms with van der Waals surface area (Å²) in [6.45, 7) is 4.95. The molecule has 1 aliphatic rings. The number of para-hydroxylation sites is 1. The standard InChI is InChI=1S/C27H31Cl2N3O5S2/c1-17-13-32(18(2)16-33)27(34)20-6-4-7-23(30-39(35,36)25-8-5-11-38-25)26(20)37-24(17)15-31(3)14-19-9-10-21(28)22(29)12-19/h4-12,17-18,24,30,33H,13-16H2,1-3H3/t17-,18-,24-/m0/s1. The third-order valence-corrected chi connectivity index (χ3v) is 10.1. The van der Waals surface area contributed by atoms with E-state index >= 15 is 0 Å². The zero-order chi connectivity index (χ0) is 28.3. The first-order valence-corrected chi connectivity index (χ1v) is 15.5. The molecule has 0 fully saturated rings. The van der Waals surface area contributed by atoms with Gasteiger partial charge in [0.15, 0.2) is 5.75 Å². The quantitative estimate of drug-likeness (QED) is 0.345. The molecular weight excluding hydrogens is 581 g/mol. The van der Waals surface area contributed by atoms with Gasteiger partial charge in [0.05, 0.1) is 33.9 Å². The molecule has 0 bridgehead atoms. The molecule has 12 heteroatoms. The second-order valence-electron chi connectivity index (χ2n) is 9.79. The number of halogens is 2. The molecule has 0 saturated heterocycles. The molecule has 1 aliphatic heterocycles. The average Bonchev–Trinajstić information content (AvgIpc) is 3.44. The Morgan fingerprint density at radius 1 is 1.21 bits per heavy atom. The van der Waals surface area contributed by atoms with Gasteiger partial charge in [-0.25, -0.2) is 8.42 Å². The van der Waals surface area contributed by atoms with E-state index in [0.29, 0.717) is 29.7 Å². The van der Waals surface area contributed by atoms with Crippen LogP contribution in [0.15, 0.2) is 58.1 Å². The highest BCUT2D eigenvalue weighted by molar-refractivity contribution is 7.94. The van der Waals surface area contributed by atoms with Gasteiger partial charge in [0.2, 0.25) is 0 Å². The van der Waals surface area contributed by atoms with Crippen molar-refractivity contribution in [1.82, 2.24) is 9.80 Å². The number of ether oxygens (including phenoxy) is 1. The molecule has 2 N–H and O–H groups in total. The first-order chi connectivity index (χ1) is 18.5. The Labute approximate surface area is 243 Å². The lowest BCUT2D eigenvalue weighted by Crippen LogP contribution is -2.49. The Balaban J connectivity index is 1.69. The largest absolute Gasteiger partial charge is 0.486 e. The van der Waals surface area contributed by atoms with Gasteiger partial charge in [-0.05, 0) is 55.2 Å². The van der Waals surface area contributed by atoms with E-state index < -0.39 is 22.2 Å². The van der Waals surface area contributed by atoms with Gasteiger partial charge in [-0.1, -0.05) is 48.3 Å². The number of nitrogens with zero attached hydrogens (tertiary/aromatic N) is 2. The summed E-state index contributed by atoms with van der Waals surface area (Å²) in [5.41, 5.74) is 1.38. The highest BCUT2D eigenvalue weighted by Crippen LogP contribution is 2.36. The topological polar surface area (TPSA) is 99.2 Å². The minimum atomic E-state index is -3.89. The van der Waals surface area contributed by atoms with E-state index in [2.05, 4.69) is 9.62 Å². The van der Waals surface area contributed by atoms with Crippen molar-refractivity contribution in [3.63, 3.8) is 0 Å². The monoisotopic (exact) mass is 611 g/mol. The number of carbonyl (C=O) groups is 1. The molecule has 3 atom stereocenters. The van der Waals surface area contributed by atoms with E-state index in [1.807, 2.05) is 26.1 Å². The Hall–Kier alpha value is -2.34. The summed E-state index contributed by atoms with van der Waals surface area (Å²) >= 11 is 13.4. The van der Waals surface area contributed by atoms with Crippen molar-refractivity contribution in [2.45, 2.75) is 36.7 Å². The summed E-state index contributed by atoms with van der Waals surface area (Å²) < 4.78 is 35.4. The minimum Gasteiger partial charge on any atom is -0.486 e. The molecule has 0 aliphatic carbocycles. The summed E-state index contributed by atoms with van der Waals surface area (Å²) in [5, 5.41) is 12.5. The van der Waals surface area contributed by atoms with Gasteiger partial charge in [-0.2, -0.15) is 0 Å². The van der Waals surface area contributed by atoms with Crippen LogP contribution in [0.5, 0.6) is 5.75 Å². The third kappa shape index (κ3) is 6.87. The minimum absolute atomic E-state index is 0.144. The second kappa shape index (κ2) is 12.4. The third-order valence-electron chi connectivity index (χ3n) is 6.62. The Kier molecular flexibility index (Phi) is 9.46. The van der Waals surface area contributed by atoms with Gasteiger partial charge in [0.25, 0.3) is 15.9 Å². The predicted molar refractivity (Wildman–Crippen MR) is 156 cm³/mol. The molecule has 0 spiro atoms. The van der Waals surface area contributed by atoms with Crippen molar-refractivity contribution in [3.05, 3.63) is 75.1 Å². The van der Waals surface area contributed by atoms with Crippen molar-refractivity contribution in [3.8, 4) is 5.75 Å². The molecule has 0 radical (unpaired) electrons. The Bertz CT molecular complexity index is 1420. The number of carbonyl (C=O) groups excluding carboxylic acids is 1. The van der Waals surface area contributed by atoms with E-state index in [1.54, 1.807) is 47.5 Å². The van der Waals surface area contributed by atoms with Gasteiger partial charge >= 0.3 is 0 Å². The van der Waals surface area contributed by atoms with Gasteiger partial charge in [-0.15, -0.1) is 11.3 Å². The van der Waals surface area contributed by atoms with E-state index in [0.717, 1.165) is 16.9 Å². The zero-order valence-corrected chi connectivity index (χ0v) is 24.9. The summed E-state index contributed by atoms with van der Waals surface area (Å²) in [6, 6.07) is 13.0. The SMILES string of the molecule is C[C@H]1CN([C@@H](C)CO)C(=O)c2cccc(NS(=O)(=O)c3cccs3)c2O[C@H]1CN(C)Cc1ccc(Cl)c(Cl)c1. The smallest absolute Gasteiger partial charge is 0.271 e. The molecular formula is C27H31Cl2N3O5S2. The molecule has 1 aromatic heterocycles. The van der Waals surface area contributed by atoms with Gasteiger partial charge in [0.1, 0.15) is 10.3 Å². The van der Waals surface area contributed by atoms with Crippen LogP contribution in [0.1, 0.15) is 29.8 Å². The van der Waals surface area contributed by atoms with Crippen LogP contribution in [0.25, 0.3) is 0 Å². The van der Waals surface area contributed by atoms with E-state index in [1.165, 1.54) is 6.07 Å². The van der Waals surface area contributed by atoms with Crippen LogP contribution in [0, 0.1) is 5.92 Å². The van der Waals surface area contributed by atoms with Crippen LogP contribution >= 0.6 is 34.5 Å². The summed E-state index contributed by atoms with van der Waals surface area (Å²) in [4.78, 5) is 17.3. The second-order valence-corrected chi connectivity index (χ2v) is 13.5. The van der Waals surface area contributed by atoms with Crippen LogP contribution in [-0.2, 0) is 16.6 Å². The molecule has 0 saturated carbocycles. The number of likely N-dealkylation sites (N-methyl/N-ethyl adjacent to an activating group) is 1. The molecule has 0 unspecified atom stereocenters. The number of thiophene rings is 1. The maximum Gasteiger partial charge on any atom is 0.271 e.